The Kier molecular flexibility index (Phi) is 6.77. The van der Waals surface area contributed by atoms with Crippen molar-refractivity contribution in [1.82, 2.24) is 5.32 Å². The summed E-state index contributed by atoms with van der Waals surface area (Å²) in [6.07, 6.45) is 0. The van der Waals surface area contributed by atoms with Crippen molar-refractivity contribution in [3.63, 3.8) is 0 Å². The molecule has 1 N–H and O–H groups in total. The summed E-state index contributed by atoms with van der Waals surface area (Å²) in [7, 11) is 0. The van der Waals surface area contributed by atoms with Gasteiger partial charge in [0.15, 0.2) is 0 Å². The summed E-state index contributed by atoms with van der Waals surface area (Å²) in [5.41, 5.74) is 1.90. The zero-order chi connectivity index (χ0) is 10.4. The van der Waals surface area contributed by atoms with Gasteiger partial charge < -0.3 is 5.32 Å². The zero-order valence-corrected chi connectivity index (χ0v) is 9.97. The molecule has 1 aromatic rings. The Morgan fingerprint density at radius 2 is 2.13 bits per heavy atom. The molecule has 1 rings (SSSR count). The summed E-state index contributed by atoms with van der Waals surface area (Å²) in [6, 6.07) is 9.85. The highest BCUT2D eigenvalue weighted by Crippen LogP contribution is 2.03. The number of nitriles is 1. The van der Waals surface area contributed by atoms with Crippen molar-refractivity contribution in [3.8, 4) is 6.07 Å². The number of hydrogen-bond acceptors (Lipinski definition) is 2. The number of benzene rings is 1. The van der Waals surface area contributed by atoms with E-state index in [0.29, 0.717) is 5.92 Å². The molecule has 0 heterocycles. The third-order valence-electron chi connectivity index (χ3n) is 1.94. The number of nitrogens with zero attached hydrogens (tertiary/aromatic N) is 1. The van der Waals surface area contributed by atoms with Crippen LogP contribution in [0.3, 0.4) is 0 Å². The lowest BCUT2D eigenvalue weighted by molar-refractivity contribution is 0.552. The Bertz CT molecular complexity index is 329. The van der Waals surface area contributed by atoms with Crippen molar-refractivity contribution >= 4 is 12.4 Å². The van der Waals surface area contributed by atoms with Crippen LogP contribution in [0.25, 0.3) is 0 Å². The fourth-order valence-electron chi connectivity index (χ4n) is 1.26. The smallest absolute Gasteiger partial charge is 0.0991 e. The molecule has 0 amide bonds. The second-order valence-corrected chi connectivity index (χ2v) is 3.84. The van der Waals surface area contributed by atoms with E-state index in [1.54, 1.807) is 0 Å². The van der Waals surface area contributed by atoms with Crippen LogP contribution in [-0.4, -0.2) is 6.54 Å². The van der Waals surface area contributed by atoms with E-state index in [-0.39, 0.29) is 12.4 Å². The zero-order valence-electron chi connectivity index (χ0n) is 9.16. The maximum atomic E-state index is 8.71. The van der Waals surface area contributed by atoms with Crippen LogP contribution in [0.1, 0.15) is 25.0 Å². The Morgan fingerprint density at radius 1 is 1.40 bits per heavy atom. The molecule has 0 bridgehead atoms. The summed E-state index contributed by atoms with van der Waals surface area (Å²) < 4.78 is 0. The van der Waals surface area contributed by atoms with Gasteiger partial charge in [-0.15, -0.1) is 12.4 Å². The molecule has 0 aromatic heterocycles. The lowest BCUT2D eigenvalue weighted by atomic mass is 10.1. The van der Waals surface area contributed by atoms with Crippen LogP contribution in [0.5, 0.6) is 0 Å². The molecule has 1 aromatic carbocycles. The maximum absolute atomic E-state index is 8.71. The second kappa shape index (κ2) is 7.28. The van der Waals surface area contributed by atoms with Crippen molar-refractivity contribution in [3.05, 3.63) is 35.4 Å². The Labute approximate surface area is 97.7 Å². The highest BCUT2D eigenvalue weighted by molar-refractivity contribution is 5.85. The van der Waals surface area contributed by atoms with Gasteiger partial charge >= 0.3 is 0 Å². The maximum Gasteiger partial charge on any atom is 0.0991 e. The third-order valence-corrected chi connectivity index (χ3v) is 1.94. The Hall–Kier alpha value is -1.04. The molecular formula is C12H17ClN2. The largest absolute Gasteiger partial charge is 0.312 e. The molecule has 3 heteroatoms. The van der Waals surface area contributed by atoms with Crippen LogP contribution < -0.4 is 5.32 Å². The minimum atomic E-state index is 0. The molecule has 0 fully saturated rings. The van der Waals surface area contributed by atoms with Crippen LogP contribution in [0.4, 0.5) is 0 Å². The molecule has 2 nitrogen and oxygen atoms in total. The molecule has 0 radical (unpaired) electrons. The van der Waals surface area contributed by atoms with E-state index in [4.69, 9.17) is 5.26 Å². The molecule has 0 atom stereocenters. The van der Waals surface area contributed by atoms with Gasteiger partial charge in [0.05, 0.1) is 11.6 Å². The van der Waals surface area contributed by atoms with Gasteiger partial charge in [-0.05, 0) is 30.2 Å². The van der Waals surface area contributed by atoms with E-state index in [1.807, 2.05) is 24.3 Å². The van der Waals surface area contributed by atoms with Gasteiger partial charge in [0.25, 0.3) is 0 Å². The molecule has 0 aliphatic rings. The van der Waals surface area contributed by atoms with Crippen molar-refractivity contribution in [2.24, 2.45) is 5.92 Å². The predicted molar refractivity (Wildman–Crippen MR) is 64.9 cm³/mol. The summed E-state index contributed by atoms with van der Waals surface area (Å²) in [5, 5.41) is 12.0. The standard InChI is InChI=1S/C12H16N2.ClH/c1-10(2)8-14-9-12-5-3-4-11(6-12)7-13;/h3-6,10,14H,8-9H2,1-2H3;1H. The SMILES string of the molecule is CC(C)CNCc1cccc(C#N)c1.Cl. The van der Waals surface area contributed by atoms with Gasteiger partial charge in [0, 0.05) is 6.54 Å². The molecule has 0 saturated heterocycles. The van der Waals surface area contributed by atoms with E-state index >= 15 is 0 Å². The van der Waals surface area contributed by atoms with Gasteiger partial charge in [0.2, 0.25) is 0 Å². The summed E-state index contributed by atoms with van der Waals surface area (Å²) in [6.45, 7) is 6.21. The quantitative estimate of drug-likeness (QED) is 0.854. The first kappa shape index (κ1) is 14.0. The summed E-state index contributed by atoms with van der Waals surface area (Å²) in [4.78, 5) is 0. The van der Waals surface area contributed by atoms with Crippen molar-refractivity contribution < 1.29 is 0 Å². The lowest BCUT2D eigenvalue weighted by Gasteiger charge is -2.07. The normalized spacial score (nSPS) is 9.47. The van der Waals surface area contributed by atoms with Crippen LogP contribution in [-0.2, 0) is 6.54 Å². The van der Waals surface area contributed by atoms with Crippen molar-refractivity contribution in [1.29, 1.82) is 5.26 Å². The van der Waals surface area contributed by atoms with E-state index in [2.05, 4.69) is 25.2 Å². The number of rotatable bonds is 4. The Morgan fingerprint density at radius 3 is 2.73 bits per heavy atom. The molecule has 0 aliphatic heterocycles. The van der Waals surface area contributed by atoms with E-state index in [9.17, 15) is 0 Å². The molecule has 0 saturated carbocycles. The van der Waals surface area contributed by atoms with Gasteiger partial charge in [-0.25, -0.2) is 0 Å². The molecule has 0 spiro atoms. The van der Waals surface area contributed by atoms with E-state index in [0.717, 1.165) is 18.7 Å². The van der Waals surface area contributed by atoms with Crippen LogP contribution in [0, 0.1) is 17.2 Å². The number of halogens is 1. The predicted octanol–water partition coefficient (Wildman–Crippen LogP) is 2.73. The highest BCUT2D eigenvalue weighted by Gasteiger charge is 1.96. The van der Waals surface area contributed by atoms with Crippen LogP contribution >= 0.6 is 12.4 Å². The number of nitrogens with one attached hydrogen (secondary N) is 1. The first-order valence-corrected chi connectivity index (χ1v) is 4.92. The lowest BCUT2D eigenvalue weighted by Crippen LogP contribution is -2.18. The van der Waals surface area contributed by atoms with E-state index in [1.165, 1.54) is 5.56 Å². The minimum Gasteiger partial charge on any atom is -0.312 e. The fourth-order valence-corrected chi connectivity index (χ4v) is 1.26. The van der Waals surface area contributed by atoms with Crippen molar-refractivity contribution in [2.45, 2.75) is 20.4 Å². The first-order valence-electron chi connectivity index (χ1n) is 4.92. The van der Waals surface area contributed by atoms with Gasteiger partial charge in [-0.1, -0.05) is 26.0 Å². The molecule has 0 aliphatic carbocycles. The molecule has 82 valence electrons. The van der Waals surface area contributed by atoms with Gasteiger partial charge in [0.1, 0.15) is 0 Å². The fraction of sp³-hybridized carbons (Fsp3) is 0.417. The molecular weight excluding hydrogens is 208 g/mol. The average Bonchev–Trinajstić information content (AvgIpc) is 2.18. The summed E-state index contributed by atoms with van der Waals surface area (Å²) in [5.74, 6) is 0.661. The van der Waals surface area contributed by atoms with Crippen LogP contribution in [0.15, 0.2) is 24.3 Å². The molecule has 0 unspecified atom stereocenters. The summed E-state index contributed by atoms with van der Waals surface area (Å²) >= 11 is 0. The van der Waals surface area contributed by atoms with Gasteiger partial charge in [-0.2, -0.15) is 5.26 Å². The monoisotopic (exact) mass is 224 g/mol. The highest BCUT2D eigenvalue weighted by atomic mass is 35.5. The van der Waals surface area contributed by atoms with Crippen molar-refractivity contribution in [2.75, 3.05) is 6.54 Å². The van der Waals surface area contributed by atoms with E-state index < -0.39 is 0 Å². The van der Waals surface area contributed by atoms with Crippen LogP contribution in [0.2, 0.25) is 0 Å². The first-order chi connectivity index (χ1) is 6.72. The Balaban J connectivity index is 0.00000196. The number of hydrogen-bond donors (Lipinski definition) is 1. The van der Waals surface area contributed by atoms with Gasteiger partial charge in [-0.3, -0.25) is 0 Å². The average molecular weight is 225 g/mol. The third kappa shape index (κ3) is 5.41. The topological polar surface area (TPSA) is 35.8 Å². The molecule has 15 heavy (non-hydrogen) atoms. The minimum absolute atomic E-state index is 0. The second-order valence-electron chi connectivity index (χ2n) is 3.84.